The lowest BCUT2D eigenvalue weighted by molar-refractivity contribution is -0.142. The number of esters is 1. The molecule has 0 bridgehead atoms. The summed E-state index contributed by atoms with van der Waals surface area (Å²) in [5, 5.41) is 0. The molecule has 1 aromatic heterocycles. The Bertz CT molecular complexity index is 577. The molecule has 1 atom stereocenters. The van der Waals surface area contributed by atoms with Crippen molar-refractivity contribution < 1.29 is 9.53 Å². The average Bonchev–Trinajstić information content (AvgIpc) is 2.76. The summed E-state index contributed by atoms with van der Waals surface area (Å²) in [6.45, 7) is 2.97. The van der Waals surface area contributed by atoms with Crippen LogP contribution in [0.4, 0.5) is 0 Å². The minimum atomic E-state index is -0.669. The summed E-state index contributed by atoms with van der Waals surface area (Å²) in [6, 6.07) is 7.27. The highest BCUT2D eigenvalue weighted by Crippen LogP contribution is 2.17. The van der Waals surface area contributed by atoms with Crippen molar-refractivity contribution in [1.82, 2.24) is 9.55 Å². The van der Waals surface area contributed by atoms with E-state index < -0.39 is 12.0 Å². The van der Waals surface area contributed by atoms with E-state index in [2.05, 4.69) is 21.2 Å². The Hall–Kier alpha value is -1.88. The quantitative estimate of drug-likeness (QED) is 0.828. The number of benzene rings is 1. The summed E-state index contributed by atoms with van der Waals surface area (Å²) >= 11 is 0. The second kappa shape index (κ2) is 5.84. The van der Waals surface area contributed by atoms with Gasteiger partial charge in [-0.2, -0.15) is 0 Å². The van der Waals surface area contributed by atoms with E-state index in [4.69, 9.17) is 5.73 Å². The van der Waals surface area contributed by atoms with Gasteiger partial charge in [0.15, 0.2) is 0 Å². The topological polar surface area (TPSA) is 70.1 Å². The zero-order chi connectivity index (χ0) is 13.8. The molecule has 0 aliphatic heterocycles. The number of carbonyl (C=O) groups excluding carboxylic acids is 1. The fraction of sp³-hybridized carbons (Fsp3) is 0.429. The smallest absolute Gasteiger partial charge is 0.323 e. The lowest BCUT2D eigenvalue weighted by Crippen LogP contribution is -2.34. The molecule has 1 aromatic carbocycles. The number of aryl methyl sites for hydroxylation is 1. The van der Waals surface area contributed by atoms with Gasteiger partial charge >= 0.3 is 5.97 Å². The third-order valence-electron chi connectivity index (χ3n) is 3.09. The zero-order valence-corrected chi connectivity index (χ0v) is 11.3. The van der Waals surface area contributed by atoms with Crippen molar-refractivity contribution in [2.75, 3.05) is 7.11 Å². The van der Waals surface area contributed by atoms with E-state index >= 15 is 0 Å². The summed E-state index contributed by atoms with van der Waals surface area (Å²) in [7, 11) is 1.34. The van der Waals surface area contributed by atoms with E-state index in [9.17, 15) is 4.79 Å². The van der Waals surface area contributed by atoms with E-state index in [1.54, 1.807) is 0 Å². The molecule has 102 valence electrons. The Labute approximate surface area is 112 Å². The van der Waals surface area contributed by atoms with Crippen LogP contribution in [0.3, 0.4) is 0 Å². The van der Waals surface area contributed by atoms with Gasteiger partial charge in [0.1, 0.15) is 11.9 Å². The van der Waals surface area contributed by atoms with Gasteiger partial charge in [0.2, 0.25) is 0 Å². The van der Waals surface area contributed by atoms with Crippen LogP contribution in [-0.4, -0.2) is 28.7 Å². The van der Waals surface area contributed by atoms with Crippen molar-refractivity contribution in [2.45, 2.75) is 32.4 Å². The van der Waals surface area contributed by atoms with Crippen LogP contribution in [0.25, 0.3) is 11.0 Å². The van der Waals surface area contributed by atoms with Gasteiger partial charge in [0.25, 0.3) is 0 Å². The lowest BCUT2D eigenvalue weighted by Gasteiger charge is -2.11. The molecule has 19 heavy (non-hydrogen) atoms. The number of nitrogens with two attached hydrogens (primary N) is 1. The molecular weight excluding hydrogens is 242 g/mol. The molecule has 2 aromatic rings. The van der Waals surface area contributed by atoms with Crippen molar-refractivity contribution in [3.05, 3.63) is 30.1 Å². The molecule has 0 aliphatic carbocycles. The largest absolute Gasteiger partial charge is 0.468 e. The molecule has 5 heteroatoms. The maximum atomic E-state index is 11.4. The number of methoxy groups -OCH3 is 1. The standard InChI is InChI=1S/C14H19N3O2/c1-3-8-17-12-7-5-4-6-11(12)16-13(17)9-10(15)14(18)19-2/h4-7,10H,3,8-9,15H2,1-2H3. The van der Waals surface area contributed by atoms with Crippen LogP contribution in [-0.2, 0) is 22.5 Å². The Balaban J connectivity index is 2.36. The first-order chi connectivity index (χ1) is 9.17. The molecule has 2 N–H and O–H groups in total. The van der Waals surface area contributed by atoms with Gasteiger partial charge in [-0.25, -0.2) is 4.98 Å². The number of para-hydroxylation sites is 2. The van der Waals surface area contributed by atoms with Crippen molar-refractivity contribution in [2.24, 2.45) is 5.73 Å². The molecule has 2 rings (SSSR count). The van der Waals surface area contributed by atoms with E-state index in [0.717, 1.165) is 29.8 Å². The average molecular weight is 261 g/mol. The maximum Gasteiger partial charge on any atom is 0.323 e. The fourth-order valence-electron chi connectivity index (χ4n) is 2.19. The molecule has 0 radical (unpaired) electrons. The number of hydrogen-bond acceptors (Lipinski definition) is 4. The third kappa shape index (κ3) is 2.76. The van der Waals surface area contributed by atoms with Crippen LogP contribution >= 0.6 is 0 Å². The van der Waals surface area contributed by atoms with Gasteiger partial charge in [0, 0.05) is 13.0 Å². The van der Waals surface area contributed by atoms with Gasteiger partial charge < -0.3 is 15.0 Å². The van der Waals surface area contributed by atoms with E-state index in [1.165, 1.54) is 7.11 Å². The summed E-state index contributed by atoms with van der Waals surface area (Å²) in [5.41, 5.74) is 7.83. The molecule has 0 fully saturated rings. The van der Waals surface area contributed by atoms with Gasteiger partial charge in [-0.15, -0.1) is 0 Å². The van der Waals surface area contributed by atoms with Crippen molar-refractivity contribution >= 4 is 17.0 Å². The molecule has 0 saturated heterocycles. The van der Waals surface area contributed by atoms with Gasteiger partial charge in [-0.3, -0.25) is 4.79 Å². The monoisotopic (exact) mass is 261 g/mol. The van der Waals surface area contributed by atoms with Crippen LogP contribution in [0.5, 0.6) is 0 Å². The normalized spacial score (nSPS) is 12.6. The van der Waals surface area contributed by atoms with Crippen LogP contribution in [0.15, 0.2) is 24.3 Å². The van der Waals surface area contributed by atoms with Gasteiger partial charge in [0.05, 0.1) is 18.1 Å². The Morgan fingerprint density at radius 3 is 2.89 bits per heavy atom. The summed E-state index contributed by atoms with van der Waals surface area (Å²) in [5.74, 6) is 0.427. The second-order valence-electron chi connectivity index (χ2n) is 4.50. The van der Waals surface area contributed by atoms with Crippen LogP contribution in [0.1, 0.15) is 19.2 Å². The van der Waals surface area contributed by atoms with Crippen LogP contribution in [0, 0.1) is 0 Å². The molecule has 1 unspecified atom stereocenters. The third-order valence-corrected chi connectivity index (χ3v) is 3.09. The van der Waals surface area contributed by atoms with Gasteiger partial charge in [-0.1, -0.05) is 19.1 Å². The van der Waals surface area contributed by atoms with Crippen molar-refractivity contribution in [1.29, 1.82) is 0 Å². The van der Waals surface area contributed by atoms with Crippen molar-refractivity contribution in [3.63, 3.8) is 0 Å². The second-order valence-corrected chi connectivity index (χ2v) is 4.50. The SMILES string of the molecule is CCCn1c(CC(N)C(=O)OC)nc2ccccc21. The van der Waals surface area contributed by atoms with E-state index in [1.807, 2.05) is 24.3 Å². The van der Waals surface area contributed by atoms with Crippen LogP contribution in [0.2, 0.25) is 0 Å². The highest BCUT2D eigenvalue weighted by molar-refractivity contribution is 5.77. The minimum Gasteiger partial charge on any atom is -0.468 e. The number of carbonyl (C=O) groups is 1. The molecule has 0 amide bonds. The van der Waals surface area contributed by atoms with E-state index in [-0.39, 0.29) is 0 Å². The number of hydrogen-bond donors (Lipinski definition) is 1. The first kappa shape index (κ1) is 13.5. The molecular formula is C14H19N3O2. The summed E-state index contributed by atoms with van der Waals surface area (Å²) < 4.78 is 6.78. The predicted molar refractivity (Wildman–Crippen MR) is 73.7 cm³/mol. The molecule has 0 spiro atoms. The highest BCUT2D eigenvalue weighted by Gasteiger charge is 2.19. The van der Waals surface area contributed by atoms with E-state index in [0.29, 0.717) is 6.42 Å². The first-order valence-electron chi connectivity index (χ1n) is 6.45. The van der Waals surface area contributed by atoms with Crippen LogP contribution < -0.4 is 5.73 Å². The Morgan fingerprint density at radius 2 is 2.21 bits per heavy atom. The van der Waals surface area contributed by atoms with Gasteiger partial charge in [-0.05, 0) is 18.6 Å². The predicted octanol–water partition coefficient (Wildman–Crippen LogP) is 1.49. The molecule has 5 nitrogen and oxygen atoms in total. The van der Waals surface area contributed by atoms with Crippen molar-refractivity contribution in [3.8, 4) is 0 Å². The first-order valence-corrected chi connectivity index (χ1v) is 6.45. The fourth-order valence-corrected chi connectivity index (χ4v) is 2.19. The number of fused-ring (bicyclic) bond motifs is 1. The highest BCUT2D eigenvalue weighted by atomic mass is 16.5. The minimum absolute atomic E-state index is 0.390. The molecule has 1 heterocycles. The number of aromatic nitrogens is 2. The lowest BCUT2D eigenvalue weighted by atomic mass is 10.2. The number of imidazole rings is 1. The summed E-state index contributed by atoms with van der Waals surface area (Å²) in [6.07, 6.45) is 1.39. The summed E-state index contributed by atoms with van der Waals surface area (Å²) in [4.78, 5) is 16.0. The Kier molecular flexibility index (Phi) is 4.16. The number of ether oxygens (including phenoxy) is 1. The Morgan fingerprint density at radius 1 is 1.47 bits per heavy atom. The zero-order valence-electron chi connectivity index (χ0n) is 11.3. The number of rotatable bonds is 5. The number of nitrogens with zero attached hydrogens (tertiary/aromatic N) is 2. The molecule has 0 saturated carbocycles. The molecule has 0 aliphatic rings. The maximum absolute atomic E-state index is 11.4.